The minimum Gasteiger partial charge on any atom is -0.502 e. The number of allylic oxidation sites excluding steroid dienone is 3. The van der Waals surface area contributed by atoms with E-state index in [4.69, 9.17) is 9.47 Å². The van der Waals surface area contributed by atoms with Gasteiger partial charge in [0.15, 0.2) is 11.7 Å². The van der Waals surface area contributed by atoms with Crippen molar-refractivity contribution in [2.45, 2.75) is 58.4 Å². The lowest BCUT2D eigenvalue weighted by molar-refractivity contribution is -0.138. The van der Waals surface area contributed by atoms with Crippen molar-refractivity contribution in [1.29, 1.82) is 0 Å². The molecule has 0 fully saturated rings. The molecule has 7 heteroatoms. The van der Waals surface area contributed by atoms with Crippen LogP contribution in [-0.4, -0.2) is 44.6 Å². The van der Waals surface area contributed by atoms with E-state index in [1.807, 2.05) is 19.1 Å². The number of methoxy groups -OCH3 is 2. The molecule has 156 valence electrons. The summed E-state index contributed by atoms with van der Waals surface area (Å²) in [5.74, 6) is -0.726. The van der Waals surface area contributed by atoms with Gasteiger partial charge >= 0.3 is 5.97 Å². The first kappa shape index (κ1) is 23.5. The number of nitrogens with one attached hydrogen (secondary N) is 1. The first-order chi connectivity index (χ1) is 13.5. The summed E-state index contributed by atoms with van der Waals surface area (Å²) < 4.78 is 14.9. The Hall–Kier alpha value is -2.57. The summed E-state index contributed by atoms with van der Waals surface area (Å²) in [4.78, 5) is 28.2. The Morgan fingerprint density at radius 1 is 1.25 bits per heavy atom. The number of carbonyl (C=O) groups excluding carboxylic acids is 2. The molecule has 1 N–H and O–H groups in total. The predicted octanol–water partition coefficient (Wildman–Crippen LogP) is 3.42. The van der Waals surface area contributed by atoms with Crippen LogP contribution in [0.25, 0.3) is 0 Å². The number of esters is 1. The molecule has 0 aromatic rings. The maximum atomic E-state index is 12.3. The Labute approximate surface area is 167 Å². The molecule has 1 heterocycles. The van der Waals surface area contributed by atoms with Crippen molar-refractivity contribution in [1.82, 2.24) is 5.32 Å². The summed E-state index contributed by atoms with van der Waals surface area (Å²) >= 11 is 0. The smallest absolute Gasteiger partial charge is 0.357 e. The van der Waals surface area contributed by atoms with Gasteiger partial charge in [-0.25, -0.2) is 9.79 Å². The Bertz CT molecular complexity index is 635. The molecular weight excluding hydrogens is 360 g/mol. The first-order valence-electron chi connectivity index (χ1n) is 9.70. The average Bonchev–Trinajstić information content (AvgIpc) is 3.19. The van der Waals surface area contributed by atoms with Gasteiger partial charge in [0.2, 0.25) is 5.90 Å². The lowest BCUT2D eigenvalue weighted by Gasteiger charge is -2.09. The van der Waals surface area contributed by atoms with Gasteiger partial charge in [0.1, 0.15) is 12.9 Å². The van der Waals surface area contributed by atoms with Crippen molar-refractivity contribution in [3.8, 4) is 0 Å². The summed E-state index contributed by atoms with van der Waals surface area (Å²) in [5.41, 5.74) is 0.756. The van der Waals surface area contributed by atoms with E-state index in [0.29, 0.717) is 5.90 Å². The van der Waals surface area contributed by atoms with Crippen LogP contribution in [0, 0.1) is 0 Å². The lowest BCUT2D eigenvalue weighted by atomic mass is 10.1. The van der Waals surface area contributed by atoms with Gasteiger partial charge in [-0.3, -0.25) is 4.79 Å². The summed E-state index contributed by atoms with van der Waals surface area (Å²) in [5, 5.41) is 2.45. The van der Waals surface area contributed by atoms with Gasteiger partial charge in [-0.2, -0.15) is 0 Å². The SMILES string of the molecule is CCCCCCC/C=C/C=C(\C)C1=NC(C(=O)N/C(=C\OC)C(=O)OC)CO1. The molecule has 7 nitrogen and oxygen atoms in total. The molecule has 1 unspecified atom stereocenters. The highest BCUT2D eigenvalue weighted by atomic mass is 16.5. The molecule has 1 amide bonds. The second kappa shape index (κ2) is 13.6. The molecular formula is C21H32N2O5. The van der Waals surface area contributed by atoms with E-state index in [0.717, 1.165) is 18.3 Å². The van der Waals surface area contributed by atoms with Crippen molar-refractivity contribution < 1.29 is 23.8 Å². The monoisotopic (exact) mass is 392 g/mol. The number of hydrogen-bond acceptors (Lipinski definition) is 6. The second-order valence-electron chi connectivity index (χ2n) is 6.49. The fourth-order valence-electron chi connectivity index (χ4n) is 2.54. The maximum absolute atomic E-state index is 12.3. The van der Waals surface area contributed by atoms with E-state index in [1.54, 1.807) is 0 Å². The van der Waals surface area contributed by atoms with Crippen molar-refractivity contribution in [3.63, 3.8) is 0 Å². The van der Waals surface area contributed by atoms with Crippen LogP contribution in [0.3, 0.4) is 0 Å². The standard InChI is InChI=1S/C21H32N2O5/c1-5-6-7-8-9-10-11-12-13-16(2)20-23-17(15-28-20)19(24)22-18(14-26-3)21(25)27-4/h11-14,17H,5-10,15H2,1-4H3,(H,22,24)/b12-11+,16-13+,18-14-. The summed E-state index contributed by atoms with van der Waals surface area (Å²) in [6.45, 7) is 4.22. The number of rotatable bonds is 12. The van der Waals surface area contributed by atoms with Gasteiger partial charge in [-0.05, 0) is 19.8 Å². The van der Waals surface area contributed by atoms with Crippen LogP contribution in [-0.2, 0) is 23.8 Å². The van der Waals surface area contributed by atoms with Crippen molar-refractivity contribution in [3.05, 3.63) is 35.8 Å². The van der Waals surface area contributed by atoms with E-state index < -0.39 is 17.9 Å². The molecule has 0 aromatic heterocycles. The van der Waals surface area contributed by atoms with Crippen molar-refractivity contribution in [2.75, 3.05) is 20.8 Å². The molecule has 1 rings (SSSR count). The van der Waals surface area contributed by atoms with E-state index in [1.165, 1.54) is 46.3 Å². The molecule has 0 spiro atoms. The summed E-state index contributed by atoms with van der Waals surface area (Å²) in [7, 11) is 2.59. The Morgan fingerprint density at radius 2 is 2.00 bits per heavy atom. The van der Waals surface area contributed by atoms with Crippen molar-refractivity contribution in [2.24, 2.45) is 4.99 Å². The van der Waals surface area contributed by atoms with Gasteiger partial charge in [0.25, 0.3) is 5.91 Å². The highest BCUT2D eigenvalue weighted by Crippen LogP contribution is 2.12. The molecule has 0 saturated heterocycles. The largest absolute Gasteiger partial charge is 0.502 e. The number of ether oxygens (including phenoxy) is 3. The fourth-order valence-corrected chi connectivity index (χ4v) is 2.54. The summed E-state index contributed by atoms with van der Waals surface area (Å²) in [6, 6.07) is -0.731. The highest BCUT2D eigenvalue weighted by Gasteiger charge is 2.28. The van der Waals surface area contributed by atoms with Crippen LogP contribution in [0.15, 0.2) is 40.8 Å². The van der Waals surface area contributed by atoms with Crippen LogP contribution in [0.1, 0.15) is 52.4 Å². The van der Waals surface area contributed by atoms with Gasteiger partial charge in [-0.15, -0.1) is 0 Å². The van der Waals surface area contributed by atoms with E-state index in [-0.39, 0.29) is 12.3 Å². The fraction of sp³-hybridized carbons (Fsp3) is 0.571. The van der Waals surface area contributed by atoms with E-state index in [9.17, 15) is 9.59 Å². The van der Waals surface area contributed by atoms with Crippen LogP contribution < -0.4 is 5.32 Å². The molecule has 0 radical (unpaired) electrons. The molecule has 28 heavy (non-hydrogen) atoms. The Morgan fingerprint density at radius 3 is 2.68 bits per heavy atom. The van der Waals surface area contributed by atoms with Gasteiger partial charge in [0, 0.05) is 5.57 Å². The second-order valence-corrected chi connectivity index (χ2v) is 6.49. The molecule has 0 aromatic carbocycles. The predicted molar refractivity (Wildman–Crippen MR) is 109 cm³/mol. The highest BCUT2D eigenvalue weighted by molar-refractivity contribution is 6.00. The molecule has 1 aliphatic heterocycles. The van der Waals surface area contributed by atoms with E-state index in [2.05, 4.69) is 28.0 Å². The topological polar surface area (TPSA) is 86.2 Å². The first-order valence-corrected chi connectivity index (χ1v) is 9.70. The summed E-state index contributed by atoms with van der Waals surface area (Å²) in [6.07, 6.45) is 14.5. The minimum absolute atomic E-state index is 0.0900. The van der Waals surface area contributed by atoms with Crippen LogP contribution in [0.4, 0.5) is 0 Å². The van der Waals surface area contributed by atoms with Crippen LogP contribution in [0.5, 0.6) is 0 Å². The maximum Gasteiger partial charge on any atom is 0.357 e. The van der Waals surface area contributed by atoms with Gasteiger partial charge in [-0.1, -0.05) is 50.8 Å². The number of aliphatic imine (C=N–C) groups is 1. The third-order valence-corrected chi connectivity index (χ3v) is 4.15. The zero-order valence-electron chi connectivity index (χ0n) is 17.3. The Kier molecular flexibility index (Phi) is 11.4. The average molecular weight is 392 g/mol. The number of unbranched alkanes of at least 4 members (excludes halogenated alkanes) is 5. The molecule has 0 saturated carbocycles. The van der Waals surface area contributed by atoms with Crippen LogP contribution >= 0.6 is 0 Å². The minimum atomic E-state index is -0.731. The zero-order chi connectivity index (χ0) is 20.8. The Balaban J connectivity index is 2.53. The third kappa shape index (κ3) is 8.41. The zero-order valence-corrected chi connectivity index (χ0v) is 17.3. The molecule has 0 aliphatic carbocycles. The van der Waals surface area contributed by atoms with Crippen LogP contribution in [0.2, 0.25) is 0 Å². The van der Waals surface area contributed by atoms with Crippen molar-refractivity contribution >= 4 is 17.8 Å². The number of amides is 1. The molecule has 1 aliphatic rings. The number of nitrogens with zero attached hydrogens (tertiary/aromatic N) is 1. The lowest BCUT2D eigenvalue weighted by Crippen LogP contribution is -2.36. The molecule has 0 bridgehead atoms. The third-order valence-electron chi connectivity index (χ3n) is 4.15. The quantitative estimate of drug-likeness (QED) is 0.181. The number of carbonyl (C=O) groups is 2. The van der Waals surface area contributed by atoms with Gasteiger partial charge in [0.05, 0.1) is 14.2 Å². The normalized spacial score (nSPS) is 17.3. The van der Waals surface area contributed by atoms with E-state index >= 15 is 0 Å². The number of hydrogen-bond donors (Lipinski definition) is 1. The molecule has 1 atom stereocenters. The van der Waals surface area contributed by atoms with Gasteiger partial charge < -0.3 is 19.5 Å².